The summed E-state index contributed by atoms with van der Waals surface area (Å²) >= 11 is 12.2. The Labute approximate surface area is 205 Å². The molecular weight excluding hydrogens is 455 g/mol. The fourth-order valence-electron chi connectivity index (χ4n) is 3.85. The van der Waals surface area contributed by atoms with E-state index >= 15 is 0 Å². The number of carbonyl (C=O) groups is 2. The fraction of sp³-hybridized carbons (Fsp3) is 0.333. The van der Waals surface area contributed by atoms with E-state index in [1.54, 1.807) is 24.0 Å². The van der Waals surface area contributed by atoms with Crippen molar-refractivity contribution in [3.8, 4) is 0 Å². The minimum atomic E-state index is -0.601. The predicted octanol–water partition coefficient (Wildman–Crippen LogP) is 6.41. The molecule has 1 atom stereocenters. The van der Waals surface area contributed by atoms with Crippen molar-refractivity contribution in [2.45, 2.75) is 52.1 Å². The van der Waals surface area contributed by atoms with Gasteiger partial charge < -0.3 is 10.2 Å². The van der Waals surface area contributed by atoms with Gasteiger partial charge in [0, 0.05) is 19.5 Å². The minimum Gasteiger partial charge on any atom is -0.354 e. The molecular formula is C27H30Cl2N2O2. The highest BCUT2D eigenvalue weighted by Crippen LogP contribution is 2.25. The van der Waals surface area contributed by atoms with Gasteiger partial charge in [-0.25, -0.2) is 0 Å². The van der Waals surface area contributed by atoms with Crippen LogP contribution in [0.1, 0.15) is 44.2 Å². The molecule has 4 nitrogen and oxygen atoms in total. The standard InChI is InChI=1S/C27H30Cl2N2O2/c1-3-4-16-30-27(33)19(2)31(18-20-12-14-24(28)25(29)17-20)26(32)15-13-22-10-7-9-21-8-5-6-11-23(21)22/h5-12,14,17,19H,3-4,13,15-16,18H2,1-2H3,(H,30,33)/t19-/m0/s1. The second-order valence-electron chi connectivity index (χ2n) is 8.23. The van der Waals surface area contributed by atoms with Crippen LogP contribution in [-0.4, -0.2) is 29.3 Å². The number of rotatable bonds is 10. The van der Waals surface area contributed by atoms with Crippen molar-refractivity contribution >= 4 is 45.8 Å². The van der Waals surface area contributed by atoms with E-state index in [1.807, 2.05) is 24.3 Å². The summed E-state index contributed by atoms with van der Waals surface area (Å²) in [5.41, 5.74) is 1.95. The summed E-state index contributed by atoms with van der Waals surface area (Å²) in [6.07, 6.45) is 2.80. The van der Waals surface area contributed by atoms with Crippen LogP contribution in [0.5, 0.6) is 0 Å². The molecule has 33 heavy (non-hydrogen) atoms. The van der Waals surface area contributed by atoms with Crippen molar-refractivity contribution in [2.75, 3.05) is 6.54 Å². The van der Waals surface area contributed by atoms with Crippen LogP contribution in [0.3, 0.4) is 0 Å². The lowest BCUT2D eigenvalue weighted by Crippen LogP contribution is -2.47. The first kappa shape index (κ1) is 25.1. The minimum absolute atomic E-state index is 0.0767. The zero-order chi connectivity index (χ0) is 23.8. The predicted molar refractivity (Wildman–Crippen MR) is 137 cm³/mol. The number of hydrogen-bond donors (Lipinski definition) is 1. The number of halogens is 2. The Balaban J connectivity index is 1.78. The zero-order valence-electron chi connectivity index (χ0n) is 19.1. The first-order chi connectivity index (χ1) is 15.9. The van der Waals surface area contributed by atoms with Crippen LogP contribution < -0.4 is 5.32 Å². The molecule has 0 aliphatic rings. The number of aryl methyl sites for hydroxylation is 1. The molecule has 3 rings (SSSR count). The lowest BCUT2D eigenvalue weighted by molar-refractivity contribution is -0.140. The maximum absolute atomic E-state index is 13.4. The van der Waals surface area contributed by atoms with Gasteiger partial charge in [0.25, 0.3) is 0 Å². The summed E-state index contributed by atoms with van der Waals surface area (Å²) < 4.78 is 0. The quantitative estimate of drug-likeness (QED) is 0.337. The van der Waals surface area contributed by atoms with Gasteiger partial charge in [0.1, 0.15) is 6.04 Å². The highest BCUT2D eigenvalue weighted by Gasteiger charge is 2.26. The molecule has 0 bridgehead atoms. The van der Waals surface area contributed by atoms with E-state index in [-0.39, 0.29) is 18.4 Å². The number of benzene rings is 3. The molecule has 0 saturated heterocycles. The SMILES string of the molecule is CCCCNC(=O)[C@H](C)N(Cc1ccc(Cl)c(Cl)c1)C(=O)CCc1cccc2ccccc12. The molecule has 3 aromatic rings. The van der Waals surface area contributed by atoms with Crippen molar-refractivity contribution in [2.24, 2.45) is 0 Å². The molecule has 1 N–H and O–H groups in total. The summed E-state index contributed by atoms with van der Waals surface area (Å²) in [4.78, 5) is 27.8. The van der Waals surface area contributed by atoms with Crippen LogP contribution in [0.25, 0.3) is 10.8 Å². The summed E-state index contributed by atoms with van der Waals surface area (Å²) in [6.45, 7) is 4.73. The van der Waals surface area contributed by atoms with E-state index in [9.17, 15) is 9.59 Å². The monoisotopic (exact) mass is 484 g/mol. The summed E-state index contributed by atoms with van der Waals surface area (Å²) in [7, 11) is 0. The van der Waals surface area contributed by atoms with E-state index < -0.39 is 6.04 Å². The number of nitrogens with zero attached hydrogens (tertiary/aromatic N) is 1. The molecule has 2 amide bonds. The molecule has 0 aromatic heterocycles. The topological polar surface area (TPSA) is 49.4 Å². The summed E-state index contributed by atoms with van der Waals surface area (Å²) in [5, 5.41) is 6.13. The van der Waals surface area contributed by atoms with Gasteiger partial charge >= 0.3 is 0 Å². The Morgan fingerprint density at radius 3 is 2.52 bits per heavy atom. The number of carbonyl (C=O) groups excluding carboxylic acids is 2. The van der Waals surface area contributed by atoms with Crippen LogP contribution in [0.2, 0.25) is 10.0 Å². The van der Waals surface area contributed by atoms with Gasteiger partial charge in [0.2, 0.25) is 11.8 Å². The Kier molecular flexibility index (Phi) is 9.16. The highest BCUT2D eigenvalue weighted by molar-refractivity contribution is 6.42. The fourth-order valence-corrected chi connectivity index (χ4v) is 4.17. The van der Waals surface area contributed by atoms with Crippen LogP contribution in [0.4, 0.5) is 0 Å². The van der Waals surface area contributed by atoms with Gasteiger partial charge in [-0.3, -0.25) is 9.59 Å². The van der Waals surface area contributed by atoms with Gasteiger partial charge in [0.05, 0.1) is 10.0 Å². The number of fused-ring (bicyclic) bond motifs is 1. The van der Waals surface area contributed by atoms with E-state index in [1.165, 1.54) is 0 Å². The van der Waals surface area contributed by atoms with Gasteiger partial charge in [-0.2, -0.15) is 0 Å². The molecule has 0 aliphatic carbocycles. The average Bonchev–Trinajstić information content (AvgIpc) is 2.82. The van der Waals surface area contributed by atoms with Crippen molar-refractivity contribution in [3.63, 3.8) is 0 Å². The average molecular weight is 485 g/mol. The molecule has 6 heteroatoms. The van der Waals surface area contributed by atoms with Crippen LogP contribution in [-0.2, 0) is 22.6 Å². The van der Waals surface area contributed by atoms with Crippen LogP contribution in [0.15, 0.2) is 60.7 Å². The van der Waals surface area contributed by atoms with Crippen molar-refractivity contribution in [1.29, 1.82) is 0 Å². The zero-order valence-corrected chi connectivity index (χ0v) is 20.6. The first-order valence-corrected chi connectivity index (χ1v) is 12.1. The lowest BCUT2D eigenvalue weighted by Gasteiger charge is -2.29. The van der Waals surface area contributed by atoms with Gasteiger partial charge in [-0.15, -0.1) is 0 Å². The van der Waals surface area contributed by atoms with Crippen molar-refractivity contribution in [1.82, 2.24) is 10.2 Å². The Bertz CT molecular complexity index is 1110. The molecule has 0 aliphatic heterocycles. The Morgan fingerprint density at radius 1 is 1.00 bits per heavy atom. The van der Waals surface area contributed by atoms with E-state index in [0.29, 0.717) is 29.4 Å². The van der Waals surface area contributed by atoms with Crippen molar-refractivity contribution in [3.05, 3.63) is 81.8 Å². The van der Waals surface area contributed by atoms with Crippen LogP contribution in [0, 0.1) is 0 Å². The second-order valence-corrected chi connectivity index (χ2v) is 9.04. The van der Waals surface area contributed by atoms with Crippen molar-refractivity contribution < 1.29 is 9.59 Å². The largest absolute Gasteiger partial charge is 0.354 e. The molecule has 3 aromatic carbocycles. The third kappa shape index (κ3) is 6.72. The molecule has 0 spiro atoms. The number of hydrogen-bond acceptors (Lipinski definition) is 2. The van der Waals surface area contributed by atoms with E-state index in [4.69, 9.17) is 23.2 Å². The summed E-state index contributed by atoms with van der Waals surface area (Å²) in [5.74, 6) is -0.228. The van der Waals surface area contributed by atoms with Gasteiger partial charge in [-0.05, 0) is 53.8 Å². The van der Waals surface area contributed by atoms with E-state index in [2.05, 4.69) is 36.5 Å². The Morgan fingerprint density at radius 2 is 1.76 bits per heavy atom. The third-order valence-electron chi connectivity index (χ3n) is 5.82. The number of amides is 2. The smallest absolute Gasteiger partial charge is 0.242 e. The summed E-state index contributed by atoms with van der Waals surface area (Å²) in [6, 6.07) is 19.0. The Hall–Kier alpha value is -2.56. The second kappa shape index (κ2) is 12.1. The maximum Gasteiger partial charge on any atom is 0.242 e. The lowest BCUT2D eigenvalue weighted by atomic mass is 10.0. The molecule has 0 unspecified atom stereocenters. The maximum atomic E-state index is 13.4. The normalized spacial score (nSPS) is 11.9. The number of nitrogens with one attached hydrogen (secondary N) is 1. The van der Waals surface area contributed by atoms with Crippen LogP contribution >= 0.6 is 23.2 Å². The molecule has 174 valence electrons. The molecule has 0 fully saturated rings. The third-order valence-corrected chi connectivity index (χ3v) is 6.56. The van der Waals surface area contributed by atoms with Gasteiger partial charge in [-0.1, -0.05) is 85.1 Å². The molecule has 0 radical (unpaired) electrons. The molecule has 0 saturated carbocycles. The highest BCUT2D eigenvalue weighted by atomic mass is 35.5. The van der Waals surface area contributed by atoms with E-state index in [0.717, 1.165) is 34.7 Å². The number of unbranched alkanes of at least 4 members (excludes halogenated alkanes) is 1. The first-order valence-electron chi connectivity index (χ1n) is 11.4. The van der Waals surface area contributed by atoms with Gasteiger partial charge in [0.15, 0.2) is 0 Å². The molecule has 0 heterocycles.